The largest absolute Gasteiger partial charge is 0.454 e. The van der Waals surface area contributed by atoms with Gasteiger partial charge in [0.2, 0.25) is 0 Å². The van der Waals surface area contributed by atoms with Gasteiger partial charge in [-0.15, -0.1) is 0 Å². The summed E-state index contributed by atoms with van der Waals surface area (Å²) in [6, 6.07) is 16.7. The fourth-order valence-electron chi connectivity index (χ4n) is 3.34. The normalized spacial score (nSPS) is 13.7. The first-order valence-electron chi connectivity index (χ1n) is 9.68. The van der Waals surface area contributed by atoms with Gasteiger partial charge < -0.3 is 9.26 Å². The number of esters is 1. The van der Waals surface area contributed by atoms with Gasteiger partial charge in [-0.05, 0) is 43.2 Å². The van der Waals surface area contributed by atoms with E-state index in [4.69, 9.17) is 9.26 Å². The summed E-state index contributed by atoms with van der Waals surface area (Å²) in [4.78, 5) is 12.3. The summed E-state index contributed by atoms with van der Waals surface area (Å²) in [7, 11) is 0. The molecule has 0 saturated heterocycles. The molecule has 1 aliphatic carbocycles. The third kappa shape index (κ3) is 4.96. The van der Waals surface area contributed by atoms with E-state index in [1.54, 1.807) is 18.2 Å². The van der Waals surface area contributed by atoms with Crippen LogP contribution in [0, 0.1) is 17.8 Å². The van der Waals surface area contributed by atoms with Gasteiger partial charge in [-0.1, -0.05) is 64.0 Å². The Labute approximate surface area is 178 Å². The van der Waals surface area contributed by atoms with Crippen LogP contribution in [0.25, 0.3) is 11.3 Å². The first-order chi connectivity index (χ1) is 14.2. The minimum absolute atomic E-state index is 0.0273. The predicted molar refractivity (Wildman–Crippen MR) is 114 cm³/mol. The van der Waals surface area contributed by atoms with E-state index in [2.05, 4.69) is 32.9 Å². The highest BCUT2D eigenvalue weighted by Gasteiger charge is 2.13. The quantitative estimate of drug-likeness (QED) is 0.361. The maximum atomic E-state index is 12.3. The summed E-state index contributed by atoms with van der Waals surface area (Å²) in [5, 5.41) is 4.05. The molecule has 0 amide bonds. The summed E-state index contributed by atoms with van der Waals surface area (Å²) >= 11 is 3.49. The van der Waals surface area contributed by atoms with E-state index < -0.39 is 5.97 Å². The average molecular weight is 450 g/mol. The van der Waals surface area contributed by atoms with Crippen molar-refractivity contribution < 1.29 is 14.1 Å². The Morgan fingerprint density at radius 3 is 2.66 bits per heavy atom. The van der Waals surface area contributed by atoms with Crippen molar-refractivity contribution in [3.05, 3.63) is 76.0 Å². The highest BCUT2D eigenvalue weighted by Crippen LogP contribution is 2.27. The second-order valence-corrected chi connectivity index (χ2v) is 7.92. The zero-order valence-electron chi connectivity index (χ0n) is 15.9. The maximum Gasteiger partial charge on any atom is 0.338 e. The van der Waals surface area contributed by atoms with Crippen LogP contribution in [-0.4, -0.2) is 11.1 Å². The minimum Gasteiger partial charge on any atom is -0.454 e. The lowest BCUT2D eigenvalue weighted by Crippen LogP contribution is -2.04. The van der Waals surface area contributed by atoms with Crippen LogP contribution in [0.2, 0.25) is 0 Å². The number of hydrogen-bond donors (Lipinski definition) is 0. The molecule has 0 aliphatic heterocycles. The SMILES string of the molecule is O=C(OCc1cc(-c2ccccc2Br)no1)c1ccc(C#CC2CCCC2)cc1. The standard InChI is InChI=1S/C24H20BrNO3/c25-22-8-4-3-7-21(22)23-15-20(29-26-23)16-28-24(27)19-13-11-18(12-14-19)10-9-17-5-1-2-6-17/h3-4,7-8,11-15,17H,1-2,5-6,16H2. The van der Waals surface area contributed by atoms with Crippen molar-refractivity contribution >= 4 is 21.9 Å². The van der Waals surface area contributed by atoms with Gasteiger partial charge in [0.05, 0.1) is 5.56 Å². The summed E-state index contributed by atoms with van der Waals surface area (Å²) in [6.07, 6.45) is 4.95. The van der Waals surface area contributed by atoms with E-state index >= 15 is 0 Å². The maximum absolute atomic E-state index is 12.3. The molecule has 1 heterocycles. The average Bonchev–Trinajstić information content (AvgIpc) is 3.43. The molecule has 1 saturated carbocycles. The second-order valence-electron chi connectivity index (χ2n) is 7.06. The van der Waals surface area contributed by atoms with Crippen LogP contribution in [0.1, 0.15) is 47.4 Å². The molecule has 29 heavy (non-hydrogen) atoms. The van der Waals surface area contributed by atoms with Crippen molar-refractivity contribution in [1.82, 2.24) is 5.16 Å². The van der Waals surface area contributed by atoms with E-state index in [1.165, 1.54) is 25.7 Å². The molecule has 0 atom stereocenters. The van der Waals surface area contributed by atoms with Crippen molar-refractivity contribution in [3.63, 3.8) is 0 Å². The molecule has 0 bridgehead atoms. The molecule has 0 N–H and O–H groups in total. The predicted octanol–water partition coefficient (Wildman–Crippen LogP) is 6.00. The van der Waals surface area contributed by atoms with Crippen molar-refractivity contribution in [1.29, 1.82) is 0 Å². The first kappa shape index (κ1) is 19.5. The van der Waals surface area contributed by atoms with Crippen LogP contribution >= 0.6 is 15.9 Å². The Morgan fingerprint density at radius 2 is 1.90 bits per heavy atom. The topological polar surface area (TPSA) is 52.3 Å². The molecule has 4 rings (SSSR count). The lowest BCUT2D eigenvalue weighted by atomic mass is 10.1. The van der Waals surface area contributed by atoms with Crippen LogP contribution in [-0.2, 0) is 11.3 Å². The lowest BCUT2D eigenvalue weighted by Gasteiger charge is -2.02. The molecule has 0 spiro atoms. The van der Waals surface area contributed by atoms with Gasteiger partial charge in [0.25, 0.3) is 0 Å². The fourth-order valence-corrected chi connectivity index (χ4v) is 3.83. The minimum atomic E-state index is -0.404. The van der Waals surface area contributed by atoms with Gasteiger partial charge >= 0.3 is 5.97 Å². The monoisotopic (exact) mass is 449 g/mol. The van der Waals surface area contributed by atoms with Gasteiger partial charge in [0, 0.05) is 27.6 Å². The second kappa shape index (κ2) is 9.11. The van der Waals surface area contributed by atoms with Crippen LogP contribution in [0.15, 0.2) is 63.6 Å². The number of carbonyl (C=O) groups is 1. The van der Waals surface area contributed by atoms with Gasteiger partial charge in [0.15, 0.2) is 12.4 Å². The molecule has 146 valence electrons. The van der Waals surface area contributed by atoms with Crippen molar-refractivity contribution in [2.45, 2.75) is 32.3 Å². The molecule has 0 radical (unpaired) electrons. The number of ether oxygens (including phenoxy) is 1. The van der Waals surface area contributed by atoms with Gasteiger partial charge in [0.1, 0.15) is 5.69 Å². The summed E-state index contributed by atoms with van der Waals surface area (Å²) < 4.78 is 11.6. The van der Waals surface area contributed by atoms with Gasteiger partial charge in [-0.2, -0.15) is 0 Å². The van der Waals surface area contributed by atoms with Gasteiger partial charge in [-0.3, -0.25) is 0 Å². The summed E-state index contributed by atoms with van der Waals surface area (Å²) in [5.41, 5.74) is 3.01. The Morgan fingerprint density at radius 1 is 1.14 bits per heavy atom. The first-order valence-corrected chi connectivity index (χ1v) is 10.5. The van der Waals surface area contributed by atoms with E-state index in [0.29, 0.717) is 22.9 Å². The smallest absolute Gasteiger partial charge is 0.338 e. The number of aromatic nitrogens is 1. The van der Waals surface area contributed by atoms with E-state index in [0.717, 1.165) is 15.6 Å². The molecule has 2 aromatic carbocycles. The Balaban J connectivity index is 1.34. The molecule has 1 aromatic heterocycles. The highest BCUT2D eigenvalue weighted by molar-refractivity contribution is 9.10. The summed E-state index contributed by atoms with van der Waals surface area (Å²) in [5.74, 6) is 7.13. The molecule has 3 aromatic rings. The number of nitrogens with zero attached hydrogens (tertiary/aromatic N) is 1. The van der Waals surface area contributed by atoms with E-state index in [1.807, 2.05) is 36.4 Å². The highest BCUT2D eigenvalue weighted by atomic mass is 79.9. The number of rotatable bonds is 4. The molecular formula is C24H20BrNO3. The molecule has 1 aliphatic rings. The lowest BCUT2D eigenvalue weighted by molar-refractivity contribution is 0.0437. The Kier molecular flexibility index (Phi) is 6.12. The third-order valence-electron chi connectivity index (χ3n) is 4.95. The molecule has 0 unspecified atom stereocenters. The van der Waals surface area contributed by atoms with Crippen molar-refractivity contribution in [2.75, 3.05) is 0 Å². The van der Waals surface area contributed by atoms with Crippen molar-refractivity contribution in [3.8, 4) is 23.1 Å². The van der Waals surface area contributed by atoms with Crippen molar-refractivity contribution in [2.24, 2.45) is 5.92 Å². The molecular weight excluding hydrogens is 430 g/mol. The zero-order valence-corrected chi connectivity index (χ0v) is 17.4. The number of halogens is 1. The number of benzene rings is 2. The number of hydrogen-bond acceptors (Lipinski definition) is 4. The summed E-state index contributed by atoms with van der Waals surface area (Å²) in [6.45, 7) is 0.0273. The zero-order chi connectivity index (χ0) is 20.1. The third-order valence-corrected chi connectivity index (χ3v) is 5.64. The molecule has 4 nitrogen and oxygen atoms in total. The van der Waals surface area contributed by atoms with Crippen LogP contribution < -0.4 is 0 Å². The van der Waals surface area contributed by atoms with Crippen LogP contribution in [0.5, 0.6) is 0 Å². The van der Waals surface area contributed by atoms with Crippen LogP contribution in [0.4, 0.5) is 0 Å². The molecule has 5 heteroatoms. The molecule has 1 fully saturated rings. The Bertz CT molecular complexity index is 1050. The number of carbonyl (C=O) groups excluding carboxylic acids is 1. The van der Waals surface area contributed by atoms with E-state index in [-0.39, 0.29) is 6.61 Å². The van der Waals surface area contributed by atoms with Gasteiger partial charge in [-0.25, -0.2) is 4.79 Å². The fraction of sp³-hybridized carbons (Fsp3) is 0.250. The van der Waals surface area contributed by atoms with E-state index in [9.17, 15) is 4.79 Å². The Hall–Kier alpha value is -2.84. The van der Waals surface area contributed by atoms with Crippen LogP contribution in [0.3, 0.4) is 0 Å².